The molecule has 0 saturated carbocycles. The van der Waals surface area contributed by atoms with E-state index in [4.69, 9.17) is 0 Å². The standard InChI is InChI=1S/C21H30N4O5S/c1-14(2)25-13-16(12-20(25)27)21(28)24-10-8-18(9-11-24)23-31(29,30)19-6-4-17(5-7-19)22-15(3)26/h4-7,14,16,18,23H,8-13H2,1-3H3,(H,22,26). The first kappa shape index (κ1) is 23.2. The molecule has 9 nitrogen and oxygen atoms in total. The third-order valence-electron chi connectivity index (χ3n) is 5.74. The molecule has 2 fully saturated rings. The molecule has 1 aromatic rings. The van der Waals surface area contributed by atoms with Gasteiger partial charge >= 0.3 is 0 Å². The average molecular weight is 451 g/mol. The maximum absolute atomic E-state index is 12.8. The van der Waals surface area contributed by atoms with Crippen LogP contribution in [0.15, 0.2) is 29.2 Å². The van der Waals surface area contributed by atoms with Crippen molar-refractivity contribution in [1.82, 2.24) is 14.5 Å². The zero-order chi connectivity index (χ0) is 22.8. The van der Waals surface area contributed by atoms with Crippen molar-refractivity contribution in [2.24, 2.45) is 5.92 Å². The van der Waals surface area contributed by atoms with E-state index in [0.717, 1.165) is 0 Å². The number of amides is 3. The first-order valence-electron chi connectivity index (χ1n) is 10.5. The Bertz CT molecular complexity index is 937. The van der Waals surface area contributed by atoms with Gasteiger partial charge in [0, 0.05) is 50.7 Å². The largest absolute Gasteiger partial charge is 0.342 e. The minimum Gasteiger partial charge on any atom is -0.342 e. The predicted molar refractivity (Wildman–Crippen MR) is 116 cm³/mol. The highest BCUT2D eigenvalue weighted by Crippen LogP contribution is 2.24. The van der Waals surface area contributed by atoms with Gasteiger partial charge < -0.3 is 15.1 Å². The van der Waals surface area contributed by atoms with E-state index in [1.807, 2.05) is 13.8 Å². The van der Waals surface area contributed by atoms with Gasteiger partial charge in [-0.2, -0.15) is 0 Å². The van der Waals surface area contributed by atoms with Crippen LogP contribution >= 0.6 is 0 Å². The van der Waals surface area contributed by atoms with Gasteiger partial charge in [0.25, 0.3) is 0 Å². The van der Waals surface area contributed by atoms with E-state index in [1.54, 1.807) is 21.9 Å². The zero-order valence-electron chi connectivity index (χ0n) is 18.1. The first-order chi connectivity index (χ1) is 14.6. The summed E-state index contributed by atoms with van der Waals surface area (Å²) in [6.45, 7) is 6.63. The van der Waals surface area contributed by atoms with Gasteiger partial charge in [0.2, 0.25) is 27.7 Å². The minimum absolute atomic E-state index is 0.0144. The molecule has 2 N–H and O–H groups in total. The summed E-state index contributed by atoms with van der Waals surface area (Å²) in [7, 11) is -3.70. The van der Waals surface area contributed by atoms with Crippen molar-refractivity contribution < 1.29 is 22.8 Å². The molecule has 1 unspecified atom stereocenters. The Kier molecular flexibility index (Phi) is 7.00. The number of carbonyl (C=O) groups is 3. The van der Waals surface area contributed by atoms with Gasteiger partial charge in [-0.25, -0.2) is 13.1 Å². The second-order valence-corrected chi connectivity index (χ2v) is 10.2. The lowest BCUT2D eigenvalue weighted by molar-refractivity contribution is -0.136. The van der Waals surface area contributed by atoms with Crippen LogP contribution < -0.4 is 10.0 Å². The normalized spacial score (nSPS) is 20.4. The number of hydrogen-bond donors (Lipinski definition) is 2. The van der Waals surface area contributed by atoms with Crippen molar-refractivity contribution in [1.29, 1.82) is 0 Å². The fourth-order valence-electron chi connectivity index (χ4n) is 4.08. The second kappa shape index (κ2) is 9.35. The Morgan fingerprint density at radius 1 is 1.10 bits per heavy atom. The number of nitrogens with one attached hydrogen (secondary N) is 2. The summed E-state index contributed by atoms with van der Waals surface area (Å²) in [4.78, 5) is 39.6. The minimum atomic E-state index is -3.70. The first-order valence-corrected chi connectivity index (χ1v) is 12.0. The molecular weight excluding hydrogens is 420 g/mol. The van der Waals surface area contributed by atoms with Crippen molar-refractivity contribution in [2.75, 3.05) is 25.0 Å². The Labute approximate surface area is 183 Å². The molecule has 10 heteroatoms. The molecule has 0 aromatic heterocycles. The molecule has 170 valence electrons. The maximum atomic E-state index is 12.8. The highest BCUT2D eigenvalue weighted by Gasteiger charge is 2.38. The number of nitrogens with zero attached hydrogens (tertiary/aromatic N) is 2. The Balaban J connectivity index is 1.53. The van der Waals surface area contributed by atoms with Crippen molar-refractivity contribution >= 4 is 33.4 Å². The van der Waals surface area contributed by atoms with Gasteiger partial charge in [-0.3, -0.25) is 14.4 Å². The third-order valence-corrected chi connectivity index (χ3v) is 7.28. The van der Waals surface area contributed by atoms with Gasteiger partial charge in [0.15, 0.2) is 0 Å². The molecule has 1 aromatic carbocycles. The molecule has 2 aliphatic heterocycles. The lowest BCUT2D eigenvalue weighted by atomic mass is 10.0. The SMILES string of the molecule is CC(=O)Nc1ccc(S(=O)(=O)NC2CCN(C(=O)C3CC(=O)N(C(C)C)C3)CC2)cc1. The van der Waals surface area contributed by atoms with Crippen LogP contribution in [0, 0.1) is 5.92 Å². The molecule has 3 amide bonds. The number of carbonyl (C=O) groups excluding carboxylic acids is 3. The summed E-state index contributed by atoms with van der Waals surface area (Å²) < 4.78 is 28.1. The van der Waals surface area contributed by atoms with Crippen LogP contribution in [-0.4, -0.2) is 67.7 Å². The van der Waals surface area contributed by atoms with Gasteiger partial charge in [-0.05, 0) is 51.0 Å². The average Bonchev–Trinajstić information content (AvgIpc) is 3.10. The Hall–Kier alpha value is -2.46. The van der Waals surface area contributed by atoms with Gasteiger partial charge in [0.1, 0.15) is 0 Å². The van der Waals surface area contributed by atoms with E-state index in [9.17, 15) is 22.8 Å². The van der Waals surface area contributed by atoms with Gasteiger partial charge in [-0.15, -0.1) is 0 Å². The molecule has 2 saturated heterocycles. The molecule has 0 bridgehead atoms. The van der Waals surface area contributed by atoms with E-state index in [0.29, 0.717) is 38.2 Å². The fourth-order valence-corrected chi connectivity index (χ4v) is 5.39. The summed E-state index contributed by atoms with van der Waals surface area (Å²) in [6.07, 6.45) is 1.28. The molecule has 0 spiro atoms. The number of likely N-dealkylation sites (tertiary alicyclic amines) is 2. The number of hydrogen-bond acceptors (Lipinski definition) is 5. The summed E-state index contributed by atoms with van der Waals surface area (Å²) in [5.41, 5.74) is 0.527. The van der Waals surface area contributed by atoms with Crippen molar-refractivity contribution in [3.63, 3.8) is 0 Å². The lowest BCUT2D eigenvalue weighted by Gasteiger charge is -2.33. The summed E-state index contributed by atoms with van der Waals surface area (Å²) in [6, 6.07) is 5.80. The Morgan fingerprint density at radius 3 is 2.23 bits per heavy atom. The third kappa shape index (κ3) is 5.62. The number of piperidine rings is 1. The van der Waals surface area contributed by atoms with Crippen LogP contribution in [0.25, 0.3) is 0 Å². The maximum Gasteiger partial charge on any atom is 0.240 e. The van der Waals surface area contributed by atoms with Gasteiger partial charge in [0.05, 0.1) is 10.8 Å². The van der Waals surface area contributed by atoms with Crippen LogP contribution in [0.1, 0.15) is 40.0 Å². The van der Waals surface area contributed by atoms with E-state index >= 15 is 0 Å². The molecule has 2 heterocycles. The molecule has 0 radical (unpaired) electrons. The van der Waals surface area contributed by atoms with Crippen LogP contribution in [0.3, 0.4) is 0 Å². The molecule has 1 atom stereocenters. The van der Waals surface area contributed by atoms with E-state index < -0.39 is 10.0 Å². The monoisotopic (exact) mass is 450 g/mol. The van der Waals surface area contributed by atoms with Crippen LogP contribution in [0.2, 0.25) is 0 Å². The predicted octanol–water partition coefficient (Wildman–Crippen LogP) is 1.17. The highest BCUT2D eigenvalue weighted by atomic mass is 32.2. The van der Waals surface area contributed by atoms with E-state index in [2.05, 4.69) is 10.0 Å². The molecule has 0 aliphatic carbocycles. The summed E-state index contributed by atoms with van der Waals surface area (Å²) >= 11 is 0. The number of sulfonamides is 1. The number of anilines is 1. The van der Waals surface area contributed by atoms with Crippen LogP contribution in [0.4, 0.5) is 5.69 Å². The van der Waals surface area contributed by atoms with E-state index in [-0.39, 0.29) is 47.0 Å². The summed E-state index contributed by atoms with van der Waals surface area (Å²) in [5, 5.41) is 2.60. The van der Waals surface area contributed by atoms with Crippen LogP contribution in [0.5, 0.6) is 0 Å². The zero-order valence-corrected chi connectivity index (χ0v) is 18.9. The second-order valence-electron chi connectivity index (χ2n) is 8.47. The van der Waals surface area contributed by atoms with E-state index in [1.165, 1.54) is 19.1 Å². The number of benzene rings is 1. The quantitative estimate of drug-likeness (QED) is 0.675. The molecular formula is C21H30N4O5S. The van der Waals surface area contributed by atoms with Crippen LogP contribution in [-0.2, 0) is 24.4 Å². The topological polar surface area (TPSA) is 116 Å². The molecule has 31 heavy (non-hydrogen) atoms. The van der Waals surface area contributed by atoms with Crippen molar-refractivity contribution in [3.05, 3.63) is 24.3 Å². The number of rotatable bonds is 6. The molecule has 3 rings (SSSR count). The lowest BCUT2D eigenvalue weighted by Crippen LogP contribution is -2.48. The smallest absolute Gasteiger partial charge is 0.240 e. The van der Waals surface area contributed by atoms with Gasteiger partial charge in [-0.1, -0.05) is 0 Å². The van der Waals surface area contributed by atoms with Crippen molar-refractivity contribution in [3.8, 4) is 0 Å². The molecule has 2 aliphatic rings. The summed E-state index contributed by atoms with van der Waals surface area (Å²) in [5.74, 6) is -0.550. The van der Waals surface area contributed by atoms with Crippen molar-refractivity contribution in [2.45, 2.75) is 57.0 Å². The fraction of sp³-hybridized carbons (Fsp3) is 0.571. The highest BCUT2D eigenvalue weighted by molar-refractivity contribution is 7.89. The Morgan fingerprint density at radius 2 is 1.71 bits per heavy atom.